The highest BCUT2D eigenvalue weighted by Gasteiger charge is 2.30. The highest BCUT2D eigenvalue weighted by Crippen LogP contribution is 2.28. The Morgan fingerprint density at radius 3 is 2.79 bits per heavy atom. The van der Waals surface area contributed by atoms with Gasteiger partial charge < -0.3 is 15.0 Å². The van der Waals surface area contributed by atoms with Gasteiger partial charge >= 0.3 is 5.97 Å². The molecule has 1 aromatic rings. The molecule has 19 heavy (non-hydrogen) atoms. The number of aromatic nitrogens is 2. The molecule has 1 fully saturated rings. The first kappa shape index (κ1) is 13.9. The zero-order valence-corrected chi connectivity index (χ0v) is 11.7. The number of carbonyl (C=O) groups excluding carboxylic acids is 1. The van der Waals surface area contributed by atoms with Crippen LogP contribution in [0.15, 0.2) is 0 Å². The van der Waals surface area contributed by atoms with Gasteiger partial charge in [0.1, 0.15) is 11.6 Å². The average Bonchev–Trinajstić information content (AvgIpc) is 2.62. The van der Waals surface area contributed by atoms with Crippen molar-refractivity contribution in [1.82, 2.24) is 9.55 Å². The van der Waals surface area contributed by atoms with Crippen LogP contribution in [-0.2, 0) is 14.6 Å². The van der Waals surface area contributed by atoms with Crippen LogP contribution in [-0.4, -0.2) is 42.6 Å². The summed E-state index contributed by atoms with van der Waals surface area (Å²) in [5.74, 6) is 0.334. The number of imidazole rings is 1. The van der Waals surface area contributed by atoms with Gasteiger partial charge in [0, 0.05) is 0 Å². The van der Waals surface area contributed by atoms with Gasteiger partial charge in [0.15, 0.2) is 15.5 Å². The number of aryl methyl sites for hydroxylation is 1. The first-order chi connectivity index (χ1) is 8.85. The molecule has 0 aromatic carbocycles. The summed E-state index contributed by atoms with van der Waals surface area (Å²) in [5, 5.41) is 0. The number of rotatable bonds is 2. The molecular formula is C11H17N3O4S. The zero-order chi connectivity index (χ0) is 14.2. The van der Waals surface area contributed by atoms with Gasteiger partial charge in [-0.25, -0.2) is 18.2 Å². The molecule has 8 heteroatoms. The van der Waals surface area contributed by atoms with Gasteiger partial charge in [-0.1, -0.05) is 0 Å². The molecule has 7 nitrogen and oxygen atoms in total. The fourth-order valence-electron chi connectivity index (χ4n) is 2.47. The lowest BCUT2D eigenvalue weighted by atomic mass is 10.2. The van der Waals surface area contributed by atoms with Crippen LogP contribution < -0.4 is 5.73 Å². The summed E-state index contributed by atoms with van der Waals surface area (Å²) in [7, 11) is -1.80. The van der Waals surface area contributed by atoms with Gasteiger partial charge in [-0.05, 0) is 19.8 Å². The van der Waals surface area contributed by atoms with Crippen molar-refractivity contribution in [2.45, 2.75) is 25.8 Å². The Morgan fingerprint density at radius 2 is 2.21 bits per heavy atom. The van der Waals surface area contributed by atoms with Crippen molar-refractivity contribution in [3.63, 3.8) is 0 Å². The number of methoxy groups -OCH3 is 1. The molecule has 0 amide bonds. The summed E-state index contributed by atoms with van der Waals surface area (Å²) in [6.07, 6.45) is 1.30. The molecule has 1 aromatic heterocycles. The van der Waals surface area contributed by atoms with Crippen molar-refractivity contribution < 1.29 is 17.9 Å². The van der Waals surface area contributed by atoms with E-state index in [-0.39, 0.29) is 29.1 Å². The van der Waals surface area contributed by atoms with Crippen molar-refractivity contribution in [3.05, 3.63) is 11.5 Å². The lowest BCUT2D eigenvalue weighted by molar-refractivity contribution is 0.0595. The molecule has 0 radical (unpaired) electrons. The molecule has 0 aliphatic carbocycles. The van der Waals surface area contributed by atoms with Gasteiger partial charge in [-0.15, -0.1) is 0 Å². The van der Waals surface area contributed by atoms with E-state index < -0.39 is 15.8 Å². The Bertz CT molecular complexity index is 606. The minimum atomic E-state index is -3.05. The number of esters is 1. The number of sulfone groups is 1. The Kier molecular flexibility index (Phi) is 3.53. The third kappa shape index (κ3) is 2.58. The second-order valence-electron chi connectivity index (χ2n) is 4.66. The lowest BCUT2D eigenvalue weighted by Gasteiger charge is -2.25. The first-order valence-electron chi connectivity index (χ1n) is 5.98. The van der Waals surface area contributed by atoms with Crippen molar-refractivity contribution in [3.8, 4) is 0 Å². The molecule has 0 bridgehead atoms. The normalized spacial score (nSPS) is 22.1. The number of carbonyl (C=O) groups is 1. The summed E-state index contributed by atoms with van der Waals surface area (Å²) < 4.78 is 29.6. The van der Waals surface area contributed by atoms with Crippen LogP contribution in [0.1, 0.15) is 35.2 Å². The molecule has 1 aliphatic rings. The molecule has 1 atom stereocenters. The van der Waals surface area contributed by atoms with E-state index in [0.29, 0.717) is 18.7 Å². The summed E-state index contributed by atoms with van der Waals surface area (Å²) in [5.41, 5.74) is 5.95. The van der Waals surface area contributed by atoms with Crippen LogP contribution in [0, 0.1) is 6.92 Å². The Balaban J connectivity index is 2.40. The third-order valence-electron chi connectivity index (χ3n) is 3.31. The highest BCUT2D eigenvalue weighted by atomic mass is 32.2. The predicted octanol–water partition coefficient (Wildman–Crippen LogP) is 0.310. The molecule has 2 N–H and O–H groups in total. The number of nitrogen functional groups attached to an aromatic ring is 1. The number of nitrogens with two attached hydrogens (primary N) is 1. The van der Waals surface area contributed by atoms with Crippen molar-refractivity contribution in [1.29, 1.82) is 0 Å². The number of nitrogens with zero attached hydrogens (tertiary/aromatic N) is 2. The largest absolute Gasteiger partial charge is 0.464 e. The lowest BCUT2D eigenvalue weighted by Crippen LogP contribution is -2.28. The maximum absolute atomic E-state index is 11.7. The molecule has 2 heterocycles. The Morgan fingerprint density at radius 1 is 1.53 bits per heavy atom. The number of anilines is 1. The highest BCUT2D eigenvalue weighted by molar-refractivity contribution is 7.91. The minimum Gasteiger partial charge on any atom is -0.464 e. The van der Waals surface area contributed by atoms with E-state index in [1.165, 1.54) is 7.11 Å². The van der Waals surface area contributed by atoms with E-state index in [1.54, 1.807) is 11.5 Å². The standard InChI is InChI=1S/C11H17N3O4S/c1-7-13-9(11(15)18-2)10(12)14(7)8-4-3-5-19(16,17)6-8/h8H,3-6,12H2,1-2H3. The molecule has 1 unspecified atom stereocenters. The minimum absolute atomic E-state index is 0.0367. The van der Waals surface area contributed by atoms with Gasteiger partial charge in [-0.2, -0.15) is 0 Å². The van der Waals surface area contributed by atoms with Crippen LogP contribution >= 0.6 is 0 Å². The third-order valence-corrected chi connectivity index (χ3v) is 5.11. The second kappa shape index (κ2) is 4.84. The van der Waals surface area contributed by atoms with Crippen LogP contribution in [0.2, 0.25) is 0 Å². The van der Waals surface area contributed by atoms with E-state index in [0.717, 1.165) is 0 Å². The van der Waals surface area contributed by atoms with E-state index in [2.05, 4.69) is 9.72 Å². The van der Waals surface area contributed by atoms with Gasteiger partial charge in [0.25, 0.3) is 0 Å². The molecule has 0 saturated carbocycles. The van der Waals surface area contributed by atoms with Crippen LogP contribution in [0.25, 0.3) is 0 Å². The van der Waals surface area contributed by atoms with Gasteiger partial charge in [-0.3, -0.25) is 0 Å². The molecule has 1 aliphatic heterocycles. The van der Waals surface area contributed by atoms with Crippen molar-refractivity contribution in [2.24, 2.45) is 0 Å². The molecule has 0 spiro atoms. The van der Waals surface area contributed by atoms with Gasteiger partial charge in [0.2, 0.25) is 0 Å². The fourth-order valence-corrected chi connectivity index (χ4v) is 4.15. The molecule has 106 valence electrons. The quantitative estimate of drug-likeness (QED) is 0.785. The zero-order valence-electron chi connectivity index (χ0n) is 10.9. The van der Waals surface area contributed by atoms with E-state index in [4.69, 9.17) is 5.73 Å². The monoisotopic (exact) mass is 287 g/mol. The number of ether oxygens (including phenoxy) is 1. The van der Waals surface area contributed by atoms with Crippen molar-refractivity contribution >= 4 is 21.6 Å². The summed E-state index contributed by atoms with van der Waals surface area (Å²) in [6.45, 7) is 1.70. The average molecular weight is 287 g/mol. The topological polar surface area (TPSA) is 104 Å². The van der Waals surface area contributed by atoms with Gasteiger partial charge in [0.05, 0.1) is 24.7 Å². The summed E-state index contributed by atoms with van der Waals surface area (Å²) >= 11 is 0. The van der Waals surface area contributed by atoms with E-state index in [1.807, 2.05) is 0 Å². The van der Waals surface area contributed by atoms with Crippen LogP contribution in [0.5, 0.6) is 0 Å². The SMILES string of the molecule is COC(=O)c1nc(C)n(C2CCCS(=O)(=O)C2)c1N. The first-order valence-corrected chi connectivity index (χ1v) is 7.81. The van der Waals surface area contributed by atoms with E-state index in [9.17, 15) is 13.2 Å². The second-order valence-corrected chi connectivity index (χ2v) is 6.89. The molecule has 1 saturated heterocycles. The Labute approximate surface area is 111 Å². The fraction of sp³-hybridized carbons (Fsp3) is 0.636. The predicted molar refractivity (Wildman–Crippen MR) is 69.6 cm³/mol. The Hall–Kier alpha value is -1.57. The summed E-state index contributed by atoms with van der Waals surface area (Å²) in [4.78, 5) is 15.6. The molecular weight excluding hydrogens is 270 g/mol. The van der Waals surface area contributed by atoms with Crippen molar-refractivity contribution in [2.75, 3.05) is 24.3 Å². The summed E-state index contributed by atoms with van der Waals surface area (Å²) in [6, 6.07) is -0.260. The number of hydrogen-bond acceptors (Lipinski definition) is 6. The van der Waals surface area contributed by atoms with E-state index >= 15 is 0 Å². The smallest absolute Gasteiger partial charge is 0.360 e. The number of hydrogen-bond donors (Lipinski definition) is 1. The van der Waals surface area contributed by atoms with Crippen LogP contribution in [0.3, 0.4) is 0 Å². The maximum Gasteiger partial charge on any atom is 0.360 e. The van der Waals surface area contributed by atoms with Crippen LogP contribution in [0.4, 0.5) is 5.82 Å². The maximum atomic E-state index is 11.7. The molecule has 2 rings (SSSR count).